The standard InChI is InChI=1S/C9H21NO2/c1-3-5-10(6-8-11)7-9-12-4-2/h11H,3-9H2,1-2H3. The molecule has 0 spiro atoms. The lowest BCUT2D eigenvalue weighted by molar-refractivity contribution is 0.104. The van der Waals surface area contributed by atoms with Crippen LogP contribution in [0.15, 0.2) is 0 Å². The highest BCUT2D eigenvalue weighted by Crippen LogP contribution is 1.90. The van der Waals surface area contributed by atoms with Crippen molar-refractivity contribution in [2.45, 2.75) is 20.3 Å². The zero-order valence-electron chi connectivity index (χ0n) is 8.25. The minimum atomic E-state index is 0.242. The van der Waals surface area contributed by atoms with Crippen molar-refractivity contribution in [3.63, 3.8) is 0 Å². The molecule has 74 valence electrons. The normalized spacial score (nSPS) is 11.0. The van der Waals surface area contributed by atoms with E-state index >= 15 is 0 Å². The molecule has 0 aromatic carbocycles. The summed E-state index contributed by atoms with van der Waals surface area (Å²) in [5, 5.41) is 8.74. The molecule has 0 aliphatic rings. The van der Waals surface area contributed by atoms with Crippen LogP contribution in [0.25, 0.3) is 0 Å². The molecule has 0 radical (unpaired) electrons. The minimum Gasteiger partial charge on any atom is -0.395 e. The van der Waals surface area contributed by atoms with Crippen LogP contribution < -0.4 is 0 Å². The van der Waals surface area contributed by atoms with Crippen LogP contribution >= 0.6 is 0 Å². The van der Waals surface area contributed by atoms with Crippen molar-refractivity contribution in [1.82, 2.24) is 4.90 Å². The summed E-state index contributed by atoms with van der Waals surface area (Å²) in [4.78, 5) is 2.22. The highest BCUT2D eigenvalue weighted by Gasteiger charge is 2.01. The number of hydrogen-bond acceptors (Lipinski definition) is 3. The van der Waals surface area contributed by atoms with Crippen LogP contribution in [0.2, 0.25) is 0 Å². The van der Waals surface area contributed by atoms with Gasteiger partial charge in [-0.15, -0.1) is 0 Å². The Morgan fingerprint density at radius 3 is 2.42 bits per heavy atom. The lowest BCUT2D eigenvalue weighted by Gasteiger charge is -2.19. The van der Waals surface area contributed by atoms with Crippen molar-refractivity contribution in [2.75, 3.05) is 39.5 Å². The van der Waals surface area contributed by atoms with Crippen LogP contribution in [-0.4, -0.2) is 49.5 Å². The Morgan fingerprint density at radius 1 is 1.17 bits per heavy atom. The maximum atomic E-state index is 8.74. The van der Waals surface area contributed by atoms with Gasteiger partial charge in [-0.25, -0.2) is 0 Å². The molecule has 0 bridgehead atoms. The highest BCUT2D eigenvalue weighted by atomic mass is 16.5. The monoisotopic (exact) mass is 175 g/mol. The first-order valence-electron chi connectivity index (χ1n) is 4.76. The van der Waals surface area contributed by atoms with Crippen LogP contribution in [0.3, 0.4) is 0 Å². The fourth-order valence-corrected chi connectivity index (χ4v) is 1.13. The summed E-state index contributed by atoms with van der Waals surface area (Å²) in [6.45, 7) is 8.68. The smallest absolute Gasteiger partial charge is 0.0593 e. The fourth-order valence-electron chi connectivity index (χ4n) is 1.13. The predicted octanol–water partition coefficient (Wildman–Crippen LogP) is 0.727. The van der Waals surface area contributed by atoms with Gasteiger partial charge in [0.05, 0.1) is 13.2 Å². The molecule has 0 fully saturated rings. The molecule has 0 amide bonds. The van der Waals surface area contributed by atoms with E-state index in [1.807, 2.05) is 6.92 Å². The van der Waals surface area contributed by atoms with E-state index in [4.69, 9.17) is 9.84 Å². The number of ether oxygens (including phenoxy) is 1. The SMILES string of the molecule is CCCN(CCO)CCOCC. The van der Waals surface area contributed by atoms with Crippen molar-refractivity contribution in [3.8, 4) is 0 Å². The van der Waals surface area contributed by atoms with Crippen molar-refractivity contribution < 1.29 is 9.84 Å². The van der Waals surface area contributed by atoms with E-state index in [9.17, 15) is 0 Å². The summed E-state index contributed by atoms with van der Waals surface area (Å²) in [5.41, 5.74) is 0. The van der Waals surface area contributed by atoms with Crippen molar-refractivity contribution in [1.29, 1.82) is 0 Å². The first-order valence-corrected chi connectivity index (χ1v) is 4.76. The van der Waals surface area contributed by atoms with Gasteiger partial charge < -0.3 is 9.84 Å². The van der Waals surface area contributed by atoms with Crippen molar-refractivity contribution in [3.05, 3.63) is 0 Å². The molecule has 3 nitrogen and oxygen atoms in total. The number of aliphatic hydroxyl groups excluding tert-OH is 1. The molecule has 0 saturated carbocycles. The quantitative estimate of drug-likeness (QED) is 0.552. The Labute approximate surface area is 75.3 Å². The van der Waals surface area contributed by atoms with Gasteiger partial charge in [-0.3, -0.25) is 4.90 Å². The molecular formula is C9H21NO2. The number of aliphatic hydroxyl groups is 1. The van der Waals surface area contributed by atoms with Gasteiger partial charge in [0.1, 0.15) is 0 Å². The third kappa shape index (κ3) is 6.58. The third-order valence-electron chi connectivity index (χ3n) is 1.71. The van der Waals surface area contributed by atoms with Crippen molar-refractivity contribution in [2.24, 2.45) is 0 Å². The average Bonchev–Trinajstić information content (AvgIpc) is 2.06. The highest BCUT2D eigenvalue weighted by molar-refractivity contribution is 4.54. The second kappa shape index (κ2) is 8.97. The molecule has 0 atom stereocenters. The van der Waals surface area contributed by atoms with Crippen LogP contribution in [0.4, 0.5) is 0 Å². The molecule has 0 aliphatic heterocycles. The van der Waals surface area contributed by atoms with E-state index in [2.05, 4.69) is 11.8 Å². The van der Waals surface area contributed by atoms with Gasteiger partial charge in [0.2, 0.25) is 0 Å². The third-order valence-corrected chi connectivity index (χ3v) is 1.71. The molecule has 0 rings (SSSR count). The number of nitrogens with zero attached hydrogens (tertiary/aromatic N) is 1. The summed E-state index contributed by atoms with van der Waals surface area (Å²) in [6.07, 6.45) is 1.13. The summed E-state index contributed by atoms with van der Waals surface area (Å²) in [5.74, 6) is 0. The largest absolute Gasteiger partial charge is 0.395 e. The molecule has 1 N–H and O–H groups in total. The molecule has 12 heavy (non-hydrogen) atoms. The Kier molecular flexibility index (Phi) is 8.88. The number of rotatable bonds is 8. The maximum Gasteiger partial charge on any atom is 0.0593 e. The Morgan fingerprint density at radius 2 is 1.92 bits per heavy atom. The maximum absolute atomic E-state index is 8.74. The van der Waals surface area contributed by atoms with Crippen LogP contribution in [0.1, 0.15) is 20.3 Å². The summed E-state index contributed by atoms with van der Waals surface area (Å²) in [7, 11) is 0. The van der Waals surface area contributed by atoms with E-state index in [1.54, 1.807) is 0 Å². The molecule has 0 aliphatic carbocycles. The minimum absolute atomic E-state index is 0.242. The van der Waals surface area contributed by atoms with E-state index in [0.29, 0.717) is 0 Å². The van der Waals surface area contributed by atoms with Crippen LogP contribution in [0.5, 0.6) is 0 Å². The Hall–Kier alpha value is -0.120. The van der Waals surface area contributed by atoms with E-state index in [0.717, 1.165) is 39.3 Å². The van der Waals surface area contributed by atoms with Gasteiger partial charge in [-0.05, 0) is 19.9 Å². The second-order valence-electron chi connectivity index (χ2n) is 2.76. The predicted molar refractivity (Wildman–Crippen MR) is 50.3 cm³/mol. The first kappa shape index (κ1) is 11.9. The first-order chi connectivity index (χ1) is 5.85. The van der Waals surface area contributed by atoms with E-state index < -0.39 is 0 Å². The molecule has 0 unspecified atom stereocenters. The van der Waals surface area contributed by atoms with Crippen LogP contribution in [0, 0.1) is 0 Å². The van der Waals surface area contributed by atoms with Crippen LogP contribution in [-0.2, 0) is 4.74 Å². The summed E-state index contributed by atoms with van der Waals surface area (Å²) >= 11 is 0. The van der Waals surface area contributed by atoms with E-state index in [-0.39, 0.29) is 6.61 Å². The Bertz CT molecular complexity index is 82.6. The van der Waals surface area contributed by atoms with Gasteiger partial charge in [-0.1, -0.05) is 6.92 Å². The molecule has 0 heterocycles. The molecule has 0 saturated heterocycles. The van der Waals surface area contributed by atoms with Gasteiger partial charge in [0.25, 0.3) is 0 Å². The second-order valence-corrected chi connectivity index (χ2v) is 2.76. The van der Waals surface area contributed by atoms with E-state index in [1.165, 1.54) is 0 Å². The van der Waals surface area contributed by atoms with Gasteiger partial charge >= 0.3 is 0 Å². The zero-order chi connectivity index (χ0) is 9.23. The van der Waals surface area contributed by atoms with Gasteiger partial charge in [0, 0.05) is 19.7 Å². The van der Waals surface area contributed by atoms with Crippen molar-refractivity contribution >= 4 is 0 Å². The molecular weight excluding hydrogens is 154 g/mol. The number of hydrogen-bond donors (Lipinski definition) is 1. The summed E-state index contributed by atoms with van der Waals surface area (Å²) < 4.78 is 5.23. The Balaban J connectivity index is 3.34. The topological polar surface area (TPSA) is 32.7 Å². The van der Waals surface area contributed by atoms with Gasteiger partial charge in [-0.2, -0.15) is 0 Å². The van der Waals surface area contributed by atoms with Gasteiger partial charge in [0.15, 0.2) is 0 Å². The average molecular weight is 175 g/mol. The zero-order valence-corrected chi connectivity index (χ0v) is 8.25. The lowest BCUT2D eigenvalue weighted by Crippen LogP contribution is -2.31. The molecule has 0 aromatic rings. The molecule has 3 heteroatoms. The lowest BCUT2D eigenvalue weighted by atomic mass is 10.4. The fraction of sp³-hybridized carbons (Fsp3) is 1.00. The molecule has 0 aromatic heterocycles. The summed E-state index contributed by atoms with van der Waals surface area (Å²) in [6, 6.07) is 0.